The minimum atomic E-state index is -0.196. The Kier molecular flexibility index (Phi) is 4.08. The lowest BCUT2D eigenvalue weighted by atomic mass is 10.2. The summed E-state index contributed by atoms with van der Waals surface area (Å²) >= 11 is 5.36. The summed E-state index contributed by atoms with van der Waals surface area (Å²) in [6.07, 6.45) is 0. The number of oxazole rings is 1. The summed E-state index contributed by atoms with van der Waals surface area (Å²) in [6, 6.07) is 14.6. The maximum Gasteiger partial charge on any atom is 0.270 e. The Bertz CT molecular complexity index is 895. The van der Waals surface area contributed by atoms with Crippen molar-refractivity contribution in [3.8, 4) is 0 Å². The van der Waals surface area contributed by atoms with Gasteiger partial charge in [0.25, 0.3) is 4.84 Å². The quantitative estimate of drug-likeness (QED) is 0.674. The lowest BCUT2D eigenvalue weighted by Crippen LogP contribution is -2.46. The van der Waals surface area contributed by atoms with Crippen molar-refractivity contribution in [2.45, 2.75) is 6.67 Å². The molecule has 0 bridgehead atoms. The van der Waals surface area contributed by atoms with Gasteiger partial charge >= 0.3 is 0 Å². The van der Waals surface area contributed by atoms with Gasteiger partial charge in [-0.05, 0) is 48.6 Å². The number of rotatable bonds is 3. The molecule has 0 aliphatic carbocycles. The van der Waals surface area contributed by atoms with Crippen molar-refractivity contribution in [2.24, 2.45) is 0 Å². The molecule has 3 aromatic rings. The fourth-order valence-corrected chi connectivity index (χ4v) is 3.39. The van der Waals surface area contributed by atoms with E-state index in [0.717, 1.165) is 49.6 Å². The van der Waals surface area contributed by atoms with Crippen molar-refractivity contribution >= 4 is 29.0 Å². The summed E-state index contributed by atoms with van der Waals surface area (Å²) in [6.45, 7) is 4.41. The molecule has 24 heavy (non-hydrogen) atoms. The van der Waals surface area contributed by atoms with E-state index in [-0.39, 0.29) is 5.82 Å². The highest BCUT2D eigenvalue weighted by atomic mass is 32.1. The zero-order valence-corrected chi connectivity index (χ0v) is 14.0. The Hall–Kier alpha value is -2.18. The normalized spacial score (nSPS) is 16.0. The zero-order valence-electron chi connectivity index (χ0n) is 13.2. The molecule has 0 radical (unpaired) electrons. The maximum atomic E-state index is 13.0. The number of aromatic nitrogens is 1. The molecule has 0 saturated carbocycles. The van der Waals surface area contributed by atoms with E-state index in [1.165, 1.54) is 12.1 Å². The highest BCUT2D eigenvalue weighted by Crippen LogP contribution is 2.20. The number of halogens is 1. The van der Waals surface area contributed by atoms with Gasteiger partial charge in [-0.25, -0.2) is 4.39 Å². The van der Waals surface area contributed by atoms with Crippen LogP contribution < -0.4 is 4.90 Å². The summed E-state index contributed by atoms with van der Waals surface area (Å²) in [7, 11) is 0. The van der Waals surface area contributed by atoms with E-state index >= 15 is 0 Å². The molecule has 6 heteroatoms. The topological polar surface area (TPSA) is 24.6 Å². The van der Waals surface area contributed by atoms with E-state index in [1.54, 1.807) is 0 Å². The first kappa shape index (κ1) is 15.4. The van der Waals surface area contributed by atoms with E-state index < -0.39 is 0 Å². The molecule has 0 unspecified atom stereocenters. The van der Waals surface area contributed by atoms with Gasteiger partial charge < -0.3 is 9.32 Å². The predicted octanol–water partition coefficient (Wildman–Crippen LogP) is 3.88. The third kappa shape index (κ3) is 2.95. The first-order valence-corrected chi connectivity index (χ1v) is 8.43. The van der Waals surface area contributed by atoms with Crippen molar-refractivity contribution in [2.75, 3.05) is 31.1 Å². The molecule has 1 saturated heterocycles. The van der Waals surface area contributed by atoms with E-state index in [4.69, 9.17) is 16.6 Å². The van der Waals surface area contributed by atoms with Crippen molar-refractivity contribution in [1.82, 2.24) is 9.47 Å². The minimum Gasteiger partial charge on any atom is -0.429 e. The second-order valence-electron chi connectivity index (χ2n) is 5.99. The van der Waals surface area contributed by atoms with Crippen LogP contribution in [0.4, 0.5) is 10.1 Å². The molecule has 4 nitrogen and oxygen atoms in total. The third-order valence-corrected chi connectivity index (χ3v) is 4.78. The number of para-hydroxylation sites is 2. The van der Waals surface area contributed by atoms with Crippen molar-refractivity contribution < 1.29 is 8.81 Å². The van der Waals surface area contributed by atoms with Gasteiger partial charge in [0, 0.05) is 31.9 Å². The highest BCUT2D eigenvalue weighted by Gasteiger charge is 2.18. The van der Waals surface area contributed by atoms with Gasteiger partial charge in [-0.15, -0.1) is 0 Å². The second-order valence-corrected chi connectivity index (χ2v) is 6.34. The number of hydrogen-bond acceptors (Lipinski definition) is 4. The Labute approximate surface area is 144 Å². The summed E-state index contributed by atoms with van der Waals surface area (Å²) in [4.78, 5) is 5.15. The average molecular weight is 343 g/mol. The monoisotopic (exact) mass is 343 g/mol. The van der Waals surface area contributed by atoms with Crippen LogP contribution >= 0.6 is 12.2 Å². The fourth-order valence-electron chi connectivity index (χ4n) is 3.15. The largest absolute Gasteiger partial charge is 0.429 e. The van der Waals surface area contributed by atoms with Gasteiger partial charge in [-0.2, -0.15) is 0 Å². The van der Waals surface area contributed by atoms with E-state index in [2.05, 4.69) is 9.80 Å². The van der Waals surface area contributed by atoms with Gasteiger partial charge in [0.15, 0.2) is 5.58 Å². The van der Waals surface area contributed by atoms with Gasteiger partial charge in [-0.3, -0.25) is 9.47 Å². The van der Waals surface area contributed by atoms with Crippen LogP contribution in [0.25, 0.3) is 11.1 Å². The molecule has 4 rings (SSSR count). The number of nitrogens with zero attached hydrogens (tertiary/aromatic N) is 3. The van der Waals surface area contributed by atoms with E-state index in [0.29, 0.717) is 4.84 Å². The second kappa shape index (κ2) is 6.37. The smallest absolute Gasteiger partial charge is 0.270 e. The lowest BCUT2D eigenvalue weighted by Gasteiger charge is -2.36. The van der Waals surface area contributed by atoms with Crippen LogP contribution in [0.2, 0.25) is 0 Å². The van der Waals surface area contributed by atoms with Crippen LogP contribution in [0.3, 0.4) is 0 Å². The van der Waals surface area contributed by atoms with Crippen LogP contribution in [-0.4, -0.2) is 35.6 Å². The fraction of sp³-hybridized carbons (Fsp3) is 0.278. The first-order chi connectivity index (χ1) is 11.7. The minimum absolute atomic E-state index is 0.196. The molecular formula is C18H18FN3OS. The third-order valence-electron chi connectivity index (χ3n) is 4.48. The number of fused-ring (bicyclic) bond motifs is 1. The zero-order chi connectivity index (χ0) is 16.5. The Morgan fingerprint density at radius 1 is 0.958 bits per heavy atom. The summed E-state index contributed by atoms with van der Waals surface area (Å²) in [5.74, 6) is -0.196. The van der Waals surface area contributed by atoms with Gasteiger partial charge in [0.2, 0.25) is 0 Å². The van der Waals surface area contributed by atoms with Gasteiger partial charge in [0.1, 0.15) is 5.82 Å². The number of piperazine rings is 1. The number of benzene rings is 2. The predicted molar refractivity (Wildman–Crippen MR) is 95.2 cm³/mol. The molecule has 1 aromatic heterocycles. The molecule has 1 aliphatic heterocycles. The van der Waals surface area contributed by atoms with Gasteiger partial charge in [0.05, 0.1) is 12.2 Å². The van der Waals surface area contributed by atoms with Crippen molar-refractivity contribution in [3.63, 3.8) is 0 Å². The summed E-state index contributed by atoms with van der Waals surface area (Å²) < 4.78 is 20.7. The number of hydrogen-bond donors (Lipinski definition) is 0. The molecule has 124 valence electrons. The molecule has 0 atom stereocenters. The van der Waals surface area contributed by atoms with Crippen LogP contribution in [-0.2, 0) is 6.67 Å². The van der Waals surface area contributed by atoms with E-state index in [1.807, 2.05) is 41.0 Å². The molecule has 1 aliphatic rings. The summed E-state index contributed by atoms with van der Waals surface area (Å²) in [5, 5.41) is 0. The molecule has 1 fully saturated rings. The highest BCUT2D eigenvalue weighted by molar-refractivity contribution is 7.71. The van der Waals surface area contributed by atoms with Crippen molar-refractivity contribution in [3.05, 3.63) is 59.2 Å². The Morgan fingerprint density at radius 2 is 1.67 bits per heavy atom. The standard InChI is InChI=1S/C18H18FN3OS/c19-14-5-7-15(8-6-14)21-11-9-20(10-12-21)13-22-16-3-1-2-4-17(16)23-18(22)24/h1-8H,9-13H2. The van der Waals surface area contributed by atoms with Crippen molar-refractivity contribution in [1.29, 1.82) is 0 Å². The lowest BCUT2D eigenvalue weighted by molar-refractivity contribution is 0.204. The Morgan fingerprint density at radius 3 is 2.42 bits per heavy atom. The maximum absolute atomic E-state index is 13.0. The molecular weight excluding hydrogens is 325 g/mol. The van der Waals surface area contributed by atoms with Crippen LogP contribution in [0.5, 0.6) is 0 Å². The van der Waals surface area contributed by atoms with E-state index in [9.17, 15) is 4.39 Å². The Balaban J connectivity index is 1.45. The molecule has 0 N–H and O–H groups in total. The first-order valence-electron chi connectivity index (χ1n) is 8.02. The SMILES string of the molecule is Fc1ccc(N2CCN(Cn3c(=S)oc4ccccc43)CC2)cc1. The molecule has 2 heterocycles. The molecule has 2 aromatic carbocycles. The number of anilines is 1. The van der Waals surface area contributed by atoms with Crippen LogP contribution in [0.1, 0.15) is 0 Å². The summed E-state index contributed by atoms with van der Waals surface area (Å²) in [5.41, 5.74) is 2.93. The average Bonchev–Trinajstić information content (AvgIpc) is 2.92. The molecule has 0 amide bonds. The van der Waals surface area contributed by atoms with Crippen LogP contribution in [0, 0.1) is 10.7 Å². The molecule has 0 spiro atoms. The van der Waals surface area contributed by atoms with Crippen LogP contribution in [0.15, 0.2) is 52.9 Å². The van der Waals surface area contributed by atoms with Gasteiger partial charge in [-0.1, -0.05) is 12.1 Å².